The van der Waals surface area contributed by atoms with E-state index in [4.69, 9.17) is 10.00 Å². The monoisotopic (exact) mass is 365 g/mol. The predicted molar refractivity (Wildman–Crippen MR) is 81.5 cm³/mol. The van der Waals surface area contributed by atoms with Crippen molar-refractivity contribution in [2.75, 3.05) is 25.1 Å². The zero-order valence-corrected chi connectivity index (χ0v) is 13.2. The molecule has 0 aliphatic carbocycles. The van der Waals surface area contributed by atoms with Gasteiger partial charge in [-0.15, -0.1) is 0 Å². The van der Waals surface area contributed by atoms with Gasteiger partial charge in [0.15, 0.2) is 0 Å². The van der Waals surface area contributed by atoms with Crippen molar-refractivity contribution < 1.29 is 13.9 Å². The molecule has 0 bridgehead atoms. The lowest BCUT2D eigenvalue weighted by Crippen LogP contribution is -2.37. The number of ether oxygens (including phenoxy) is 1. The van der Waals surface area contributed by atoms with Crippen molar-refractivity contribution in [2.24, 2.45) is 0 Å². The second-order valence-corrected chi connectivity index (χ2v) is 5.97. The van der Waals surface area contributed by atoms with Gasteiger partial charge in [-0.2, -0.15) is 5.26 Å². The van der Waals surface area contributed by atoms with Gasteiger partial charge in [0.05, 0.1) is 34.9 Å². The lowest BCUT2D eigenvalue weighted by Gasteiger charge is -2.23. The van der Waals surface area contributed by atoms with Crippen molar-refractivity contribution in [2.45, 2.75) is 12.5 Å². The number of hydrogen-bond donors (Lipinski definition) is 1. The van der Waals surface area contributed by atoms with E-state index in [9.17, 15) is 9.18 Å². The molecular formula is C15H13BrFN3O2. The first-order chi connectivity index (χ1) is 10.6. The molecule has 3 rings (SSSR count). The molecule has 0 unspecified atom stereocenters. The van der Waals surface area contributed by atoms with Crippen LogP contribution in [0.5, 0.6) is 0 Å². The van der Waals surface area contributed by atoms with Gasteiger partial charge in [0.1, 0.15) is 11.9 Å². The van der Waals surface area contributed by atoms with Crippen LogP contribution in [-0.2, 0) is 9.53 Å². The molecule has 114 valence electrons. The molecule has 0 spiro atoms. The van der Waals surface area contributed by atoms with Crippen molar-refractivity contribution in [3.63, 3.8) is 0 Å². The van der Waals surface area contributed by atoms with Crippen molar-refractivity contribution >= 4 is 27.5 Å². The van der Waals surface area contributed by atoms with Crippen LogP contribution in [0.25, 0.3) is 0 Å². The highest BCUT2D eigenvalue weighted by Crippen LogP contribution is 2.31. The number of amides is 1. The first-order valence-electron chi connectivity index (χ1n) is 6.84. The highest BCUT2D eigenvalue weighted by atomic mass is 79.9. The predicted octanol–water partition coefficient (Wildman–Crippen LogP) is 2.39. The Morgan fingerprint density at radius 1 is 1.50 bits per heavy atom. The van der Waals surface area contributed by atoms with Crippen molar-refractivity contribution in [3.05, 3.63) is 39.8 Å². The number of nitrogens with zero attached hydrogens (tertiary/aromatic N) is 2. The van der Waals surface area contributed by atoms with E-state index in [1.165, 1.54) is 18.2 Å². The van der Waals surface area contributed by atoms with Gasteiger partial charge in [-0.1, -0.05) is 0 Å². The van der Waals surface area contributed by atoms with E-state index in [1.807, 2.05) is 6.07 Å². The fourth-order valence-electron chi connectivity index (χ4n) is 2.62. The minimum Gasteiger partial charge on any atom is -0.379 e. The molecule has 1 aromatic rings. The van der Waals surface area contributed by atoms with E-state index in [2.05, 4.69) is 21.2 Å². The fourth-order valence-corrected chi connectivity index (χ4v) is 3.06. The van der Waals surface area contributed by atoms with Crippen molar-refractivity contribution in [3.8, 4) is 6.07 Å². The summed E-state index contributed by atoms with van der Waals surface area (Å²) in [7, 11) is 0. The topological polar surface area (TPSA) is 65.4 Å². The maximum absolute atomic E-state index is 13.7. The van der Waals surface area contributed by atoms with Gasteiger partial charge in [0, 0.05) is 18.4 Å². The van der Waals surface area contributed by atoms with E-state index in [0.29, 0.717) is 36.7 Å². The van der Waals surface area contributed by atoms with Crippen LogP contribution >= 0.6 is 15.9 Å². The summed E-state index contributed by atoms with van der Waals surface area (Å²) in [5.41, 5.74) is 1.29. The minimum atomic E-state index is -0.465. The number of rotatable bonds is 3. The molecule has 5 nitrogen and oxygen atoms in total. The Morgan fingerprint density at radius 3 is 3.00 bits per heavy atom. The molecule has 0 aromatic heterocycles. The number of nitriles is 1. The second kappa shape index (κ2) is 6.07. The number of nitrogens with one attached hydrogen (secondary N) is 1. The molecule has 2 aliphatic rings. The minimum absolute atomic E-state index is 0.0782. The average Bonchev–Trinajstić information content (AvgIpc) is 3.13. The molecule has 2 aliphatic heterocycles. The van der Waals surface area contributed by atoms with Gasteiger partial charge >= 0.3 is 0 Å². The van der Waals surface area contributed by atoms with Gasteiger partial charge in [0.25, 0.3) is 0 Å². The van der Waals surface area contributed by atoms with Gasteiger partial charge in [-0.05, 0) is 34.5 Å². The molecule has 1 N–H and O–H groups in total. The highest BCUT2D eigenvalue weighted by molar-refractivity contribution is 9.10. The molecule has 2 heterocycles. The quantitative estimate of drug-likeness (QED) is 0.892. The summed E-state index contributed by atoms with van der Waals surface area (Å²) in [6.45, 7) is 1.60. The Hall–Kier alpha value is -1.91. The van der Waals surface area contributed by atoms with Crippen LogP contribution in [-0.4, -0.2) is 36.6 Å². The third-order valence-electron chi connectivity index (χ3n) is 3.77. The number of hydrogen-bond acceptors (Lipinski definition) is 4. The summed E-state index contributed by atoms with van der Waals surface area (Å²) >= 11 is 3.14. The van der Waals surface area contributed by atoms with E-state index >= 15 is 0 Å². The SMILES string of the molecule is N#Cc1ccc(F)c(Br)c1NC1=CC(=O)N([C@H]2CCOC2)C1. The third-order valence-corrected chi connectivity index (χ3v) is 4.54. The summed E-state index contributed by atoms with van der Waals surface area (Å²) in [4.78, 5) is 13.8. The van der Waals surface area contributed by atoms with E-state index < -0.39 is 5.82 Å². The second-order valence-electron chi connectivity index (χ2n) is 5.17. The fraction of sp³-hybridized carbons (Fsp3) is 0.333. The molecule has 1 aromatic carbocycles. The molecule has 0 radical (unpaired) electrons. The summed E-state index contributed by atoms with van der Waals surface area (Å²) < 4.78 is 19.1. The number of halogens is 2. The number of carbonyl (C=O) groups excluding carboxylic acids is 1. The summed E-state index contributed by atoms with van der Waals surface area (Å²) in [5.74, 6) is -0.559. The number of carbonyl (C=O) groups is 1. The highest BCUT2D eigenvalue weighted by Gasteiger charge is 2.31. The van der Waals surface area contributed by atoms with E-state index in [-0.39, 0.29) is 16.4 Å². The van der Waals surface area contributed by atoms with E-state index in [1.54, 1.807) is 4.90 Å². The van der Waals surface area contributed by atoms with Crippen LogP contribution in [0.1, 0.15) is 12.0 Å². The Bertz CT molecular complexity index is 693. The van der Waals surface area contributed by atoms with E-state index in [0.717, 1.165) is 6.42 Å². The summed E-state index contributed by atoms with van der Waals surface area (Å²) in [6.07, 6.45) is 2.30. The average molecular weight is 366 g/mol. The Morgan fingerprint density at radius 2 is 2.32 bits per heavy atom. The molecule has 1 amide bonds. The molecule has 1 atom stereocenters. The standard InChI is InChI=1S/C15H13BrFN3O2/c16-14-12(17)2-1-9(6-18)15(14)19-10-5-13(21)20(7-10)11-3-4-22-8-11/h1-2,5,11,19H,3-4,7-8H2/t11-/m0/s1. The van der Waals surface area contributed by atoms with Gasteiger partial charge in [-0.3, -0.25) is 4.79 Å². The molecule has 1 saturated heterocycles. The largest absolute Gasteiger partial charge is 0.379 e. The Balaban J connectivity index is 1.80. The third kappa shape index (κ3) is 2.72. The lowest BCUT2D eigenvalue weighted by atomic mass is 10.2. The molecule has 22 heavy (non-hydrogen) atoms. The van der Waals surface area contributed by atoms with Crippen LogP contribution in [0, 0.1) is 17.1 Å². The van der Waals surface area contributed by atoms with Gasteiger partial charge in [-0.25, -0.2) is 4.39 Å². The first-order valence-corrected chi connectivity index (χ1v) is 7.63. The molecule has 7 heteroatoms. The summed E-state index contributed by atoms with van der Waals surface area (Å²) in [6, 6.07) is 4.72. The van der Waals surface area contributed by atoms with Crippen LogP contribution in [0.15, 0.2) is 28.4 Å². The van der Waals surface area contributed by atoms with Crippen molar-refractivity contribution in [1.82, 2.24) is 4.90 Å². The Kier molecular flexibility index (Phi) is 4.14. The van der Waals surface area contributed by atoms with Crippen LogP contribution in [0.4, 0.5) is 10.1 Å². The first kappa shape index (κ1) is 15.0. The molecular weight excluding hydrogens is 353 g/mol. The van der Waals surface area contributed by atoms with Crippen LogP contribution in [0.3, 0.4) is 0 Å². The smallest absolute Gasteiger partial charge is 0.249 e. The molecule has 0 saturated carbocycles. The lowest BCUT2D eigenvalue weighted by molar-refractivity contribution is -0.126. The maximum atomic E-state index is 13.7. The zero-order chi connectivity index (χ0) is 15.7. The zero-order valence-electron chi connectivity index (χ0n) is 11.6. The molecule has 1 fully saturated rings. The summed E-state index contributed by atoms with van der Waals surface area (Å²) in [5, 5.41) is 12.1. The normalized spacial score (nSPS) is 21.0. The number of anilines is 1. The van der Waals surface area contributed by atoms with Crippen molar-refractivity contribution in [1.29, 1.82) is 5.26 Å². The van der Waals surface area contributed by atoms with Gasteiger partial charge < -0.3 is 15.0 Å². The number of benzene rings is 1. The van der Waals surface area contributed by atoms with Crippen LogP contribution < -0.4 is 5.32 Å². The van der Waals surface area contributed by atoms with Crippen LogP contribution in [0.2, 0.25) is 0 Å². The Labute approximate surface area is 135 Å². The van der Waals surface area contributed by atoms with Gasteiger partial charge in [0.2, 0.25) is 5.91 Å². The maximum Gasteiger partial charge on any atom is 0.249 e.